The Bertz CT molecular complexity index is 241. The van der Waals surface area contributed by atoms with Crippen LogP contribution in [0.1, 0.15) is 12.8 Å². The van der Waals surface area contributed by atoms with Gasteiger partial charge in [0.05, 0.1) is 19.1 Å². The molecule has 2 rings (SSSR count). The molecule has 0 aliphatic carbocycles. The average molecular weight is 278 g/mol. The van der Waals surface area contributed by atoms with Gasteiger partial charge < -0.3 is 15.4 Å². The molecule has 1 atom stereocenters. The number of amides is 1. The zero-order valence-corrected chi connectivity index (χ0v) is 11.6. The molecule has 0 unspecified atom stereocenters. The van der Waals surface area contributed by atoms with Crippen LogP contribution >= 0.6 is 12.4 Å². The molecule has 0 saturated carbocycles. The van der Waals surface area contributed by atoms with Gasteiger partial charge >= 0.3 is 0 Å². The Kier molecular flexibility index (Phi) is 7.58. The number of halogens is 1. The van der Waals surface area contributed by atoms with E-state index in [4.69, 9.17) is 4.74 Å². The number of nitrogens with zero attached hydrogens (tertiary/aromatic N) is 1. The highest BCUT2D eigenvalue weighted by Gasteiger charge is 2.21. The fourth-order valence-electron chi connectivity index (χ4n) is 2.36. The molecule has 0 aromatic carbocycles. The van der Waals surface area contributed by atoms with Gasteiger partial charge in [-0.25, -0.2) is 0 Å². The Morgan fingerprint density at radius 2 is 2.17 bits per heavy atom. The zero-order valence-electron chi connectivity index (χ0n) is 10.8. The Labute approximate surface area is 115 Å². The van der Waals surface area contributed by atoms with Crippen molar-refractivity contribution in [2.24, 2.45) is 5.92 Å². The highest BCUT2D eigenvalue weighted by atomic mass is 35.5. The van der Waals surface area contributed by atoms with Gasteiger partial charge in [0, 0.05) is 26.2 Å². The summed E-state index contributed by atoms with van der Waals surface area (Å²) < 4.78 is 5.29. The predicted octanol–water partition coefficient (Wildman–Crippen LogP) is -0.144. The van der Waals surface area contributed by atoms with Gasteiger partial charge in [0.1, 0.15) is 0 Å². The van der Waals surface area contributed by atoms with E-state index < -0.39 is 0 Å². The number of hydrogen-bond acceptors (Lipinski definition) is 4. The fourth-order valence-corrected chi connectivity index (χ4v) is 2.36. The van der Waals surface area contributed by atoms with E-state index in [9.17, 15) is 4.79 Å². The molecule has 106 valence electrons. The van der Waals surface area contributed by atoms with Crippen LogP contribution in [0.15, 0.2) is 0 Å². The van der Waals surface area contributed by atoms with E-state index in [0.717, 1.165) is 65.3 Å². The molecular weight excluding hydrogens is 254 g/mol. The molecule has 1 amide bonds. The van der Waals surface area contributed by atoms with Crippen molar-refractivity contribution < 1.29 is 9.53 Å². The molecule has 2 heterocycles. The van der Waals surface area contributed by atoms with Crippen molar-refractivity contribution in [3.8, 4) is 0 Å². The van der Waals surface area contributed by atoms with Gasteiger partial charge in [0.15, 0.2) is 0 Å². The van der Waals surface area contributed by atoms with E-state index >= 15 is 0 Å². The summed E-state index contributed by atoms with van der Waals surface area (Å²) in [7, 11) is 0. The summed E-state index contributed by atoms with van der Waals surface area (Å²) in [4.78, 5) is 14.1. The van der Waals surface area contributed by atoms with Gasteiger partial charge in [0.2, 0.25) is 5.91 Å². The van der Waals surface area contributed by atoms with Crippen molar-refractivity contribution in [2.75, 3.05) is 52.5 Å². The van der Waals surface area contributed by atoms with Gasteiger partial charge in [-0.15, -0.1) is 12.4 Å². The van der Waals surface area contributed by atoms with Crippen molar-refractivity contribution in [1.29, 1.82) is 0 Å². The van der Waals surface area contributed by atoms with E-state index in [1.807, 2.05) is 0 Å². The molecule has 0 aromatic rings. The first-order valence-electron chi connectivity index (χ1n) is 6.65. The second-order valence-electron chi connectivity index (χ2n) is 4.79. The lowest BCUT2D eigenvalue weighted by molar-refractivity contribution is -0.124. The molecule has 2 fully saturated rings. The minimum absolute atomic E-state index is 0. The van der Waals surface area contributed by atoms with E-state index in [-0.39, 0.29) is 24.2 Å². The summed E-state index contributed by atoms with van der Waals surface area (Å²) in [5.41, 5.74) is 0. The molecule has 5 nitrogen and oxygen atoms in total. The van der Waals surface area contributed by atoms with Crippen molar-refractivity contribution in [1.82, 2.24) is 15.5 Å². The summed E-state index contributed by atoms with van der Waals surface area (Å²) in [6.45, 7) is 7.43. The lowest BCUT2D eigenvalue weighted by atomic mass is 10.1. The maximum Gasteiger partial charge on any atom is 0.224 e. The number of morpholine rings is 1. The van der Waals surface area contributed by atoms with Crippen molar-refractivity contribution >= 4 is 18.3 Å². The normalized spacial score (nSPS) is 24.6. The van der Waals surface area contributed by atoms with Gasteiger partial charge in [0.25, 0.3) is 0 Å². The third kappa shape index (κ3) is 5.10. The Hall–Kier alpha value is -0.360. The van der Waals surface area contributed by atoms with Gasteiger partial charge in [-0.1, -0.05) is 0 Å². The summed E-state index contributed by atoms with van der Waals surface area (Å²) in [6.07, 6.45) is 2.02. The fraction of sp³-hybridized carbons (Fsp3) is 0.917. The lowest BCUT2D eigenvalue weighted by Crippen LogP contribution is -2.39. The van der Waals surface area contributed by atoms with Crippen LogP contribution in [0.2, 0.25) is 0 Å². The monoisotopic (exact) mass is 277 g/mol. The van der Waals surface area contributed by atoms with E-state index in [1.165, 1.54) is 0 Å². The predicted molar refractivity (Wildman–Crippen MR) is 73.1 cm³/mol. The van der Waals surface area contributed by atoms with Crippen LogP contribution in [-0.2, 0) is 9.53 Å². The summed E-state index contributed by atoms with van der Waals surface area (Å²) >= 11 is 0. The standard InChI is InChI=1S/C12H23N3O2.ClH/c16-12(11-2-4-13-10-11)14-3-1-5-15-6-8-17-9-7-15;/h11,13H,1-10H2,(H,14,16);1H/t11-;/m1./s1. The quantitative estimate of drug-likeness (QED) is 0.687. The topological polar surface area (TPSA) is 53.6 Å². The first-order valence-corrected chi connectivity index (χ1v) is 6.65. The van der Waals surface area contributed by atoms with Crippen LogP contribution in [0, 0.1) is 5.92 Å². The molecule has 0 bridgehead atoms. The number of carbonyl (C=O) groups is 1. The van der Waals surface area contributed by atoms with Crippen LogP contribution in [0.4, 0.5) is 0 Å². The number of ether oxygens (including phenoxy) is 1. The van der Waals surface area contributed by atoms with Crippen molar-refractivity contribution in [2.45, 2.75) is 12.8 Å². The highest BCUT2D eigenvalue weighted by Crippen LogP contribution is 2.06. The molecule has 2 saturated heterocycles. The molecule has 2 N–H and O–H groups in total. The smallest absolute Gasteiger partial charge is 0.224 e. The number of rotatable bonds is 5. The van der Waals surface area contributed by atoms with Crippen LogP contribution < -0.4 is 10.6 Å². The Balaban J connectivity index is 0.00000162. The van der Waals surface area contributed by atoms with E-state index in [2.05, 4.69) is 15.5 Å². The first kappa shape index (κ1) is 15.7. The molecule has 0 aromatic heterocycles. The third-order valence-electron chi connectivity index (χ3n) is 3.49. The molecule has 0 spiro atoms. The minimum atomic E-state index is 0. The third-order valence-corrected chi connectivity index (χ3v) is 3.49. The Morgan fingerprint density at radius 3 is 2.83 bits per heavy atom. The summed E-state index contributed by atoms with van der Waals surface area (Å²) in [5.74, 6) is 0.412. The molecule has 18 heavy (non-hydrogen) atoms. The van der Waals surface area contributed by atoms with Gasteiger partial charge in [-0.2, -0.15) is 0 Å². The van der Waals surface area contributed by atoms with Crippen LogP contribution in [0.5, 0.6) is 0 Å². The maximum atomic E-state index is 11.7. The molecular formula is C12H24ClN3O2. The zero-order chi connectivity index (χ0) is 11.9. The molecule has 6 heteroatoms. The van der Waals surface area contributed by atoms with Crippen molar-refractivity contribution in [3.05, 3.63) is 0 Å². The van der Waals surface area contributed by atoms with Crippen molar-refractivity contribution in [3.63, 3.8) is 0 Å². The molecule has 0 radical (unpaired) electrons. The van der Waals surface area contributed by atoms with Crippen LogP contribution in [0.25, 0.3) is 0 Å². The largest absolute Gasteiger partial charge is 0.379 e. The lowest BCUT2D eigenvalue weighted by Gasteiger charge is -2.26. The van der Waals surface area contributed by atoms with Gasteiger partial charge in [-0.05, 0) is 25.9 Å². The van der Waals surface area contributed by atoms with Crippen LogP contribution in [-0.4, -0.2) is 63.3 Å². The van der Waals surface area contributed by atoms with E-state index in [1.54, 1.807) is 0 Å². The minimum Gasteiger partial charge on any atom is -0.379 e. The highest BCUT2D eigenvalue weighted by molar-refractivity contribution is 5.85. The second-order valence-corrected chi connectivity index (χ2v) is 4.79. The number of carbonyl (C=O) groups excluding carboxylic acids is 1. The second kappa shape index (κ2) is 8.69. The van der Waals surface area contributed by atoms with Gasteiger partial charge in [-0.3, -0.25) is 9.69 Å². The molecule has 2 aliphatic rings. The van der Waals surface area contributed by atoms with E-state index in [0.29, 0.717) is 0 Å². The number of hydrogen-bond donors (Lipinski definition) is 2. The van der Waals surface area contributed by atoms with Crippen LogP contribution in [0.3, 0.4) is 0 Å². The average Bonchev–Trinajstić information content (AvgIpc) is 2.89. The summed E-state index contributed by atoms with van der Waals surface area (Å²) in [6, 6.07) is 0. The molecule has 2 aliphatic heterocycles. The number of nitrogens with one attached hydrogen (secondary N) is 2. The first-order chi connectivity index (χ1) is 8.36. The SMILES string of the molecule is Cl.O=C(NCCCN1CCOCC1)[C@@H]1CCNC1. The summed E-state index contributed by atoms with van der Waals surface area (Å²) in [5, 5.41) is 6.24. The Morgan fingerprint density at radius 1 is 1.39 bits per heavy atom. The maximum absolute atomic E-state index is 11.7.